The van der Waals surface area contributed by atoms with Crippen molar-refractivity contribution in [3.63, 3.8) is 0 Å². The van der Waals surface area contributed by atoms with E-state index in [1.807, 2.05) is 13.0 Å². The summed E-state index contributed by atoms with van der Waals surface area (Å²) in [5, 5.41) is 9.77. The second-order valence-corrected chi connectivity index (χ2v) is 3.88. The molecular weight excluding hydrogens is 198 g/mol. The number of phenolic OH excluding ortho intramolecular Hbond substituents is 1. The van der Waals surface area contributed by atoms with Crippen LogP contribution < -0.4 is 5.73 Å². The fraction of sp³-hybridized carbons (Fsp3) is 0.455. The summed E-state index contributed by atoms with van der Waals surface area (Å²) in [5.41, 5.74) is 7.70. The minimum atomic E-state index is 0.159. The van der Waals surface area contributed by atoms with Crippen LogP contribution in [0, 0.1) is 6.92 Å². The second kappa shape index (κ2) is 5.23. The highest BCUT2D eigenvalue weighted by Crippen LogP contribution is 2.27. The molecule has 0 aliphatic rings. The van der Waals surface area contributed by atoms with Gasteiger partial charge in [0, 0.05) is 0 Å². The fourth-order valence-electron chi connectivity index (χ4n) is 1.44. The number of hydrogen-bond acceptors (Lipinski definition) is 2. The van der Waals surface area contributed by atoms with E-state index >= 15 is 0 Å². The zero-order chi connectivity index (χ0) is 10.6. The van der Waals surface area contributed by atoms with Gasteiger partial charge in [-0.25, -0.2) is 0 Å². The van der Waals surface area contributed by atoms with Crippen LogP contribution in [0.25, 0.3) is 0 Å². The maximum atomic E-state index is 9.34. The third-order valence-corrected chi connectivity index (χ3v) is 2.61. The Bertz CT molecular complexity index is 312. The predicted molar refractivity (Wildman–Crippen MR) is 59.8 cm³/mol. The number of rotatable bonds is 4. The molecule has 78 valence electrons. The Balaban J connectivity index is 2.72. The molecule has 14 heavy (non-hydrogen) atoms. The minimum absolute atomic E-state index is 0.159. The van der Waals surface area contributed by atoms with Crippen LogP contribution in [0.5, 0.6) is 5.75 Å². The molecule has 0 amide bonds. The summed E-state index contributed by atoms with van der Waals surface area (Å²) >= 11 is 5.82. The first-order valence-corrected chi connectivity index (χ1v) is 5.21. The Kier molecular flexibility index (Phi) is 4.23. The van der Waals surface area contributed by atoms with Crippen LogP contribution >= 0.6 is 11.6 Å². The normalized spacial score (nSPS) is 10.5. The van der Waals surface area contributed by atoms with Crippen LogP contribution in [0.3, 0.4) is 0 Å². The number of halogens is 1. The molecule has 0 heterocycles. The molecule has 0 saturated carbocycles. The van der Waals surface area contributed by atoms with Crippen molar-refractivity contribution < 1.29 is 5.11 Å². The van der Waals surface area contributed by atoms with E-state index in [2.05, 4.69) is 0 Å². The van der Waals surface area contributed by atoms with Crippen molar-refractivity contribution in [3.05, 3.63) is 28.3 Å². The first kappa shape index (κ1) is 11.3. The highest BCUT2D eigenvalue weighted by Gasteiger charge is 2.04. The smallest absolute Gasteiger partial charge is 0.134 e. The first-order valence-electron chi connectivity index (χ1n) is 4.83. The number of aromatic hydroxyl groups is 1. The van der Waals surface area contributed by atoms with Gasteiger partial charge in [0.05, 0.1) is 5.02 Å². The van der Waals surface area contributed by atoms with E-state index in [1.165, 1.54) is 5.56 Å². The van der Waals surface area contributed by atoms with Gasteiger partial charge in [0.15, 0.2) is 0 Å². The molecule has 0 aliphatic carbocycles. The molecule has 3 heteroatoms. The maximum Gasteiger partial charge on any atom is 0.134 e. The van der Waals surface area contributed by atoms with Crippen molar-refractivity contribution in [1.82, 2.24) is 0 Å². The Morgan fingerprint density at radius 3 is 2.71 bits per heavy atom. The van der Waals surface area contributed by atoms with Gasteiger partial charge in [0.25, 0.3) is 0 Å². The Morgan fingerprint density at radius 2 is 2.07 bits per heavy atom. The van der Waals surface area contributed by atoms with Crippen LogP contribution in [0.15, 0.2) is 12.1 Å². The monoisotopic (exact) mass is 213 g/mol. The Morgan fingerprint density at radius 1 is 1.36 bits per heavy atom. The molecule has 0 aliphatic heterocycles. The number of benzene rings is 1. The summed E-state index contributed by atoms with van der Waals surface area (Å²) in [5.74, 6) is 0.159. The van der Waals surface area contributed by atoms with Gasteiger partial charge in [-0.3, -0.25) is 0 Å². The van der Waals surface area contributed by atoms with E-state index < -0.39 is 0 Å². The average Bonchev–Trinajstić information content (AvgIpc) is 2.14. The topological polar surface area (TPSA) is 46.2 Å². The molecule has 3 N–H and O–H groups in total. The summed E-state index contributed by atoms with van der Waals surface area (Å²) < 4.78 is 0. The minimum Gasteiger partial charge on any atom is -0.506 e. The summed E-state index contributed by atoms with van der Waals surface area (Å²) in [7, 11) is 0. The first-order chi connectivity index (χ1) is 6.65. The zero-order valence-corrected chi connectivity index (χ0v) is 9.14. The highest BCUT2D eigenvalue weighted by atomic mass is 35.5. The van der Waals surface area contributed by atoms with Crippen molar-refractivity contribution in [2.24, 2.45) is 5.73 Å². The molecule has 2 nitrogen and oxygen atoms in total. The van der Waals surface area contributed by atoms with E-state index in [0.717, 1.165) is 31.4 Å². The third-order valence-electron chi connectivity index (χ3n) is 2.31. The molecule has 0 fully saturated rings. The van der Waals surface area contributed by atoms with Crippen molar-refractivity contribution in [3.8, 4) is 5.75 Å². The molecule has 0 aromatic heterocycles. The lowest BCUT2D eigenvalue weighted by Gasteiger charge is -2.07. The predicted octanol–water partition coefficient (Wildman–Crippen LogP) is 2.64. The molecule has 0 bridgehead atoms. The van der Waals surface area contributed by atoms with Gasteiger partial charge < -0.3 is 10.8 Å². The largest absolute Gasteiger partial charge is 0.506 e. The van der Waals surface area contributed by atoms with E-state index in [9.17, 15) is 5.11 Å². The molecule has 0 unspecified atom stereocenters. The van der Waals surface area contributed by atoms with Gasteiger partial charge in [0.2, 0.25) is 0 Å². The van der Waals surface area contributed by atoms with E-state index in [4.69, 9.17) is 17.3 Å². The van der Waals surface area contributed by atoms with E-state index in [0.29, 0.717) is 5.02 Å². The zero-order valence-electron chi connectivity index (χ0n) is 8.39. The lowest BCUT2D eigenvalue weighted by atomic mass is 10.0. The number of nitrogens with two attached hydrogens (primary N) is 1. The number of phenols is 1. The van der Waals surface area contributed by atoms with Gasteiger partial charge >= 0.3 is 0 Å². The highest BCUT2D eigenvalue weighted by molar-refractivity contribution is 6.32. The van der Waals surface area contributed by atoms with E-state index in [-0.39, 0.29) is 5.75 Å². The maximum absolute atomic E-state index is 9.34. The van der Waals surface area contributed by atoms with Gasteiger partial charge in [-0.15, -0.1) is 0 Å². The molecular formula is C11H16ClNO. The lowest BCUT2D eigenvalue weighted by Crippen LogP contribution is -1.99. The lowest BCUT2D eigenvalue weighted by molar-refractivity contribution is 0.475. The average molecular weight is 214 g/mol. The SMILES string of the molecule is Cc1cc(O)c(Cl)cc1CCCCN. The summed E-state index contributed by atoms with van der Waals surface area (Å²) in [6, 6.07) is 3.54. The van der Waals surface area contributed by atoms with Crippen molar-refractivity contribution in [1.29, 1.82) is 0 Å². The standard InChI is InChI=1S/C11H16ClNO/c1-8-6-11(14)10(12)7-9(8)4-2-3-5-13/h6-7,14H,2-5,13H2,1H3. The van der Waals surface area contributed by atoms with Crippen LogP contribution in [-0.4, -0.2) is 11.7 Å². The fourth-order valence-corrected chi connectivity index (χ4v) is 1.62. The molecule has 0 saturated heterocycles. The van der Waals surface area contributed by atoms with Crippen LogP contribution in [0.2, 0.25) is 5.02 Å². The summed E-state index contributed by atoms with van der Waals surface area (Å²) in [6.45, 7) is 2.71. The van der Waals surface area contributed by atoms with Gasteiger partial charge in [-0.2, -0.15) is 0 Å². The van der Waals surface area contributed by atoms with Crippen LogP contribution in [0.4, 0.5) is 0 Å². The molecule has 1 aromatic rings. The number of hydrogen-bond donors (Lipinski definition) is 2. The van der Waals surface area contributed by atoms with Crippen molar-refractivity contribution >= 4 is 11.6 Å². The summed E-state index contributed by atoms with van der Waals surface area (Å²) in [4.78, 5) is 0. The molecule has 1 aromatic carbocycles. The molecule has 0 atom stereocenters. The van der Waals surface area contributed by atoms with E-state index in [1.54, 1.807) is 6.07 Å². The Hall–Kier alpha value is -0.730. The quantitative estimate of drug-likeness (QED) is 0.756. The summed E-state index contributed by atoms with van der Waals surface area (Å²) in [6.07, 6.45) is 3.07. The number of aryl methyl sites for hydroxylation is 2. The van der Waals surface area contributed by atoms with Crippen LogP contribution in [0.1, 0.15) is 24.0 Å². The van der Waals surface area contributed by atoms with Gasteiger partial charge in [0.1, 0.15) is 5.75 Å². The third kappa shape index (κ3) is 2.89. The van der Waals surface area contributed by atoms with Gasteiger partial charge in [-0.1, -0.05) is 11.6 Å². The van der Waals surface area contributed by atoms with Crippen molar-refractivity contribution in [2.45, 2.75) is 26.2 Å². The molecule has 0 radical (unpaired) electrons. The van der Waals surface area contributed by atoms with Crippen LogP contribution in [-0.2, 0) is 6.42 Å². The molecule has 1 rings (SSSR count). The van der Waals surface area contributed by atoms with Crippen molar-refractivity contribution in [2.75, 3.05) is 6.54 Å². The molecule has 0 spiro atoms. The van der Waals surface area contributed by atoms with Gasteiger partial charge in [-0.05, 0) is 56.0 Å². The Labute approximate surface area is 89.7 Å². The number of unbranched alkanes of at least 4 members (excludes halogenated alkanes) is 1. The second-order valence-electron chi connectivity index (χ2n) is 3.48.